The average Bonchev–Trinajstić information content (AvgIpc) is 2.27. The molecule has 1 heterocycles. The predicted octanol–water partition coefficient (Wildman–Crippen LogP) is 4.09. The number of rotatable bonds is 1. The molecule has 6 heteroatoms. The minimum absolute atomic E-state index is 0.167. The van der Waals surface area contributed by atoms with Crippen LogP contribution >= 0.6 is 15.9 Å². The summed E-state index contributed by atoms with van der Waals surface area (Å²) in [6, 6.07) is 8.47. The molecule has 0 spiro atoms. The minimum atomic E-state index is -4.68. The molecule has 0 fully saturated rings. The Bertz CT molecular complexity index is 632. The summed E-state index contributed by atoms with van der Waals surface area (Å²) < 4.78 is 42.4. The maximum Gasteiger partial charge on any atom is 0.449 e. The summed E-state index contributed by atoms with van der Waals surface area (Å²) in [4.78, 5) is 11.1. The lowest BCUT2D eigenvalue weighted by atomic mass is 10.1. The molecule has 0 aliphatic rings. The van der Waals surface area contributed by atoms with Crippen molar-refractivity contribution in [1.29, 1.82) is 0 Å². The van der Waals surface area contributed by atoms with Crippen LogP contribution in [0.15, 0.2) is 50.1 Å². The fraction of sp³-hybridized carbons (Fsp3) is 0.0833. The summed E-state index contributed by atoms with van der Waals surface area (Å²) >= 11 is 3.21. The van der Waals surface area contributed by atoms with Crippen molar-refractivity contribution in [2.24, 2.45) is 0 Å². The van der Waals surface area contributed by atoms with E-state index in [1.165, 1.54) is 0 Å². The van der Waals surface area contributed by atoms with Crippen LogP contribution < -0.4 is 5.63 Å². The van der Waals surface area contributed by atoms with Crippen LogP contribution in [0.4, 0.5) is 13.2 Å². The summed E-state index contributed by atoms with van der Waals surface area (Å²) in [5.74, 6) is -1.30. The number of hydrogen-bond acceptors (Lipinski definition) is 2. The molecule has 2 rings (SSSR count). The van der Waals surface area contributed by atoms with Gasteiger partial charge >= 0.3 is 11.8 Å². The fourth-order valence-electron chi connectivity index (χ4n) is 1.45. The van der Waals surface area contributed by atoms with Crippen LogP contribution in [0.2, 0.25) is 0 Å². The zero-order valence-electron chi connectivity index (χ0n) is 8.79. The van der Waals surface area contributed by atoms with Gasteiger partial charge < -0.3 is 4.42 Å². The van der Waals surface area contributed by atoms with Gasteiger partial charge in [-0.05, 0) is 29.3 Å². The lowest BCUT2D eigenvalue weighted by Gasteiger charge is -2.07. The molecule has 1 aromatic heterocycles. The molecule has 0 atom stereocenters. The number of benzene rings is 1. The summed E-state index contributed by atoms with van der Waals surface area (Å²) in [7, 11) is 0. The van der Waals surface area contributed by atoms with E-state index in [0.717, 1.165) is 12.1 Å². The van der Waals surface area contributed by atoms with Crippen LogP contribution in [0.25, 0.3) is 11.1 Å². The average molecular weight is 319 g/mol. The normalized spacial score (nSPS) is 11.6. The standard InChI is InChI=1S/C12H6BrF3O2/c13-9-3-1-2-7(4-9)8-5-10(12(14,15)16)18-11(17)6-8/h1-6H. The Kier molecular flexibility index (Phi) is 3.30. The molecule has 0 saturated heterocycles. The fourth-order valence-corrected chi connectivity index (χ4v) is 1.85. The van der Waals surface area contributed by atoms with Gasteiger partial charge in [0.2, 0.25) is 5.76 Å². The van der Waals surface area contributed by atoms with E-state index in [0.29, 0.717) is 10.0 Å². The van der Waals surface area contributed by atoms with E-state index in [1.807, 2.05) is 0 Å². The van der Waals surface area contributed by atoms with E-state index in [4.69, 9.17) is 0 Å². The summed E-state index contributed by atoms with van der Waals surface area (Å²) in [5.41, 5.74) is -0.359. The topological polar surface area (TPSA) is 30.2 Å². The van der Waals surface area contributed by atoms with Crippen molar-refractivity contribution in [2.45, 2.75) is 6.18 Å². The van der Waals surface area contributed by atoms with Gasteiger partial charge in [0.05, 0.1) is 0 Å². The molecule has 94 valence electrons. The minimum Gasteiger partial charge on any atom is -0.418 e. The Morgan fingerprint density at radius 1 is 1.06 bits per heavy atom. The highest BCUT2D eigenvalue weighted by Gasteiger charge is 2.34. The van der Waals surface area contributed by atoms with Crippen molar-refractivity contribution < 1.29 is 17.6 Å². The first kappa shape index (κ1) is 12.9. The summed E-state index contributed by atoms with van der Waals surface area (Å²) in [6.07, 6.45) is -4.68. The van der Waals surface area contributed by atoms with Gasteiger partial charge in [-0.1, -0.05) is 28.1 Å². The number of hydrogen-bond donors (Lipinski definition) is 0. The Hall–Kier alpha value is -1.56. The molecular weight excluding hydrogens is 313 g/mol. The lowest BCUT2D eigenvalue weighted by molar-refractivity contribution is -0.154. The molecule has 2 nitrogen and oxygen atoms in total. The van der Waals surface area contributed by atoms with Gasteiger partial charge in [-0.2, -0.15) is 13.2 Å². The predicted molar refractivity (Wildman–Crippen MR) is 63.1 cm³/mol. The number of alkyl halides is 3. The second kappa shape index (κ2) is 4.61. The summed E-state index contributed by atoms with van der Waals surface area (Å²) in [5, 5.41) is 0. The SMILES string of the molecule is O=c1cc(-c2cccc(Br)c2)cc(C(F)(F)F)o1. The number of halogens is 4. The van der Waals surface area contributed by atoms with Crippen molar-refractivity contribution in [3.63, 3.8) is 0 Å². The van der Waals surface area contributed by atoms with E-state index >= 15 is 0 Å². The molecule has 0 aliphatic heterocycles. The Balaban J connectivity index is 2.59. The van der Waals surface area contributed by atoms with Gasteiger partial charge in [-0.25, -0.2) is 4.79 Å². The van der Waals surface area contributed by atoms with E-state index in [9.17, 15) is 18.0 Å². The van der Waals surface area contributed by atoms with Crippen LogP contribution in [0, 0.1) is 0 Å². The molecule has 2 aromatic rings. The van der Waals surface area contributed by atoms with E-state index < -0.39 is 17.6 Å². The molecule has 0 amide bonds. The highest BCUT2D eigenvalue weighted by Crippen LogP contribution is 2.31. The van der Waals surface area contributed by atoms with Crippen molar-refractivity contribution in [3.8, 4) is 11.1 Å². The maximum absolute atomic E-state index is 12.5. The van der Waals surface area contributed by atoms with Crippen LogP contribution in [0.5, 0.6) is 0 Å². The Morgan fingerprint density at radius 2 is 1.78 bits per heavy atom. The zero-order valence-corrected chi connectivity index (χ0v) is 10.4. The van der Waals surface area contributed by atoms with Gasteiger partial charge in [0.1, 0.15) is 0 Å². The molecule has 0 unspecified atom stereocenters. The van der Waals surface area contributed by atoms with Crippen molar-refractivity contribution >= 4 is 15.9 Å². The molecule has 0 saturated carbocycles. The first-order chi connectivity index (χ1) is 8.36. The van der Waals surface area contributed by atoms with Crippen molar-refractivity contribution in [1.82, 2.24) is 0 Å². The second-order valence-corrected chi connectivity index (χ2v) is 4.45. The molecule has 0 aliphatic carbocycles. The monoisotopic (exact) mass is 318 g/mol. The van der Waals surface area contributed by atoms with Gasteiger partial charge in [0.25, 0.3) is 0 Å². The maximum atomic E-state index is 12.5. The van der Waals surface area contributed by atoms with Gasteiger partial charge in [0, 0.05) is 10.5 Å². The molecule has 1 aromatic carbocycles. The lowest BCUT2D eigenvalue weighted by Crippen LogP contribution is -2.10. The molecule has 0 N–H and O–H groups in total. The smallest absolute Gasteiger partial charge is 0.418 e. The van der Waals surface area contributed by atoms with Gasteiger partial charge in [-0.15, -0.1) is 0 Å². The zero-order chi connectivity index (χ0) is 13.3. The highest BCUT2D eigenvalue weighted by molar-refractivity contribution is 9.10. The highest BCUT2D eigenvalue weighted by atomic mass is 79.9. The molecule has 0 bridgehead atoms. The van der Waals surface area contributed by atoms with E-state index in [2.05, 4.69) is 20.3 Å². The van der Waals surface area contributed by atoms with Crippen LogP contribution in [-0.4, -0.2) is 0 Å². The summed E-state index contributed by atoms with van der Waals surface area (Å²) in [6.45, 7) is 0. The second-order valence-electron chi connectivity index (χ2n) is 3.54. The molecular formula is C12H6BrF3O2. The largest absolute Gasteiger partial charge is 0.449 e. The van der Waals surface area contributed by atoms with E-state index in [-0.39, 0.29) is 5.56 Å². The van der Waals surface area contributed by atoms with E-state index in [1.54, 1.807) is 24.3 Å². The third-order valence-electron chi connectivity index (χ3n) is 2.21. The van der Waals surface area contributed by atoms with Gasteiger partial charge in [-0.3, -0.25) is 0 Å². The van der Waals surface area contributed by atoms with Crippen molar-refractivity contribution in [3.05, 3.63) is 57.1 Å². The van der Waals surface area contributed by atoms with Crippen LogP contribution in [-0.2, 0) is 6.18 Å². The Morgan fingerprint density at radius 3 is 2.39 bits per heavy atom. The van der Waals surface area contributed by atoms with Crippen molar-refractivity contribution in [2.75, 3.05) is 0 Å². The molecule has 0 radical (unpaired) electrons. The first-order valence-electron chi connectivity index (χ1n) is 4.84. The third-order valence-corrected chi connectivity index (χ3v) is 2.70. The third kappa shape index (κ3) is 2.81. The quantitative estimate of drug-likeness (QED) is 0.792. The molecule has 18 heavy (non-hydrogen) atoms. The Labute approximate surface area is 108 Å². The van der Waals surface area contributed by atoms with Gasteiger partial charge in [0.15, 0.2) is 0 Å². The van der Waals surface area contributed by atoms with Crippen LogP contribution in [0.1, 0.15) is 5.76 Å². The van der Waals surface area contributed by atoms with Crippen LogP contribution in [0.3, 0.4) is 0 Å². The first-order valence-corrected chi connectivity index (χ1v) is 5.64.